The summed E-state index contributed by atoms with van der Waals surface area (Å²) in [5.41, 5.74) is 5.54. The number of piperidine rings is 1. The topological polar surface area (TPSA) is 29.3 Å². The molecule has 1 saturated heterocycles. The molecule has 0 aromatic rings. The Bertz CT molecular complexity index is 106. The third kappa shape index (κ3) is 2.75. The van der Waals surface area contributed by atoms with E-state index in [0.29, 0.717) is 12.5 Å². The number of hydrogen-bond donors (Lipinski definition) is 1. The fourth-order valence-electron chi connectivity index (χ4n) is 1.67. The summed E-state index contributed by atoms with van der Waals surface area (Å²) in [5.74, 6) is 0.607. The minimum atomic E-state index is -0.225. The Kier molecular flexibility index (Phi) is 3.80. The molecule has 1 unspecified atom stereocenters. The number of nitrogens with two attached hydrogens (primary N) is 1. The summed E-state index contributed by atoms with van der Waals surface area (Å²) in [5, 5.41) is 0. The number of halogens is 1. The zero-order valence-electron chi connectivity index (χ0n) is 6.93. The first-order chi connectivity index (χ1) is 5.36. The maximum absolute atomic E-state index is 11.9. The van der Waals surface area contributed by atoms with Crippen LogP contribution in [-0.2, 0) is 0 Å². The van der Waals surface area contributed by atoms with Gasteiger partial charge in [0.25, 0.3) is 0 Å². The third-order valence-corrected chi connectivity index (χ3v) is 2.34. The molecule has 2 N–H and O–H groups in total. The summed E-state index contributed by atoms with van der Waals surface area (Å²) < 4.78 is 11.9. The van der Waals surface area contributed by atoms with Gasteiger partial charge in [-0.1, -0.05) is 0 Å². The Hall–Kier alpha value is -0.150. The number of likely N-dealkylation sites (tertiary alicyclic amines) is 1. The molecule has 11 heavy (non-hydrogen) atoms. The second-order valence-corrected chi connectivity index (χ2v) is 3.23. The van der Waals surface area contributed by atoms with E-state index in [4.69, 9.17) is 5.73 Å². The quantitative estimate of drug-likeness (QED) is 0.656. The van der Waals surface area contributed by atoms with Crippen LogP contribution in [0.1, 0.15) is 12.8 Å². The lowest BCUT2D eigenvalue weighted by molar-refractivity contribution is 0.167. The van der Waals surface area contributed by atoms with E-state index in [-0.39, 0.29) is 6.67 Å². The van der Waals surface area contributed by atoms with Crippen molar-refractivity contribution in [1.82, 2.24) is 4.90 Å². The number of rotatable bonds is 3. The Balaban J connectivity index is 2.21. The lowest BCUT2D eigenvalue weighted by atomic mass is 9.98. The average molecular weight is 160 g/mol. The number of nitrogens with zero attached hydrogens (tertiary/aromatic N) is 1. The van der Waals surface area contributed by atoms with Gasteiger partial charge < -0.3 is 10.6 Å². The Labute approximate surface area is 67.6 Å². The van der Waals surface area contributed by atoms with E-state index < -0.39 is 0 Å². The van der Waals surface area contributed by atoms with Gasteiger partial charge in [0, 0.05) is 13.1 Å². The van der Waals surface area contributed by atoms with Crippen molar-refractivity contribution in [2.24, 2.45) is 11.7 Å². The van der Waals surface area contributed by atoms with Gasteiger partial charge in [-0.05, 0) is 31.8 Å². The standard InChI is InChI=1S/C8H17FN2/c9-3-5-11-4-1-2-8(6-10)7-11/h8H,1-7,10H2. The average Bonchev–Trinajstić information content (AvgIpc) is 2.06. The van der Waals surface area contributed by atoms with Crippen molar-refractivity contribution in [3.63, 3.8) is 0 Å². The summed E-state index contributed by atoms with van der Waals surface area (Å²) in [6.45, 7) is 3.18. The fourth-order valence-corrected chi connectivity index (χ4v) is 1.67. The van der Waals surface area contributed by atoms with Crippen LogP contribution in [-0.4, -0.2) is 37.8 Å². The lowest BCUT2D eigenvalue weighted by Crippen LogP contribution is -2.39. The maximum Gasteiger partial charge on any atom is 0.102 e. The summed E-state index contributed by atoms with van der Waals surface area (Å²) in [7, 11) is 0. The molecule has 1 fully saturated rings. The molecular formula is C8H17FN2. The second-order valence-electron chi connectivity index (χ2n) is 3.23. The van der Waals surface area contributed by atoms with Gasteiger partial charge in [-0.25, -0.2) is 4.39 Å². The maximum atomic E-state index is 11.9. The van der Waals surface area contributed by atoms with Crippen LogP contribution in [0.2, 0.25) is 0 Å². The summed E-state index contributed by atoms with van der Waals surface area (Å²) >= 11 is 0. The van der Waals surface area contributed by atoms with E-state index in [0.717, 1.165) is 19.6 Å². The molecule has 0 radical (unpaired) electrons. The molecule has 0 aliphatic carbocycles. The van der Waals surface area contributed by atoms with Gasteiger partial charge in [0.1, 0.15) is 6.67 Å². The summed E-state index contributed by atoms with van der Waals surface area (Å²) in [6, 6.07) is 0. The molecule has 1 aliphatic rings. The molecule has 2 nitrogen and oxygen atoms in total. The van der Waals surface area contributed by atoms with E-state index in [1.54, 1.807) is 0 Å². The Morgan fingerprint density at radius 3 is 3.00 bits per heavy atom. The molecule has 1 rings (SSSR count). The van der Waals surface area contributed by atoms with Crippen LogP contribution in [0.3, 0.4) is 0 Å². The van der Waals surface area contributed by atoms with Crippen LogP contribution in [0.4, 0.5) is 4.39 Å². The van der Waals surface area contributed by atoms with Gasteiger partial charge in [0.05, 0.1) is 0 Å². The highest BCUT2D eigenvalue weighted by Gasteiger charge is 2.17. The zero-order valence-corrected chi connectivity index (χ0v) is 6.93. The van der Waals surface area contributed by atoms with Crippen molar-refractivity contribution in [3.05, 3.63) is 0 Å². The summed E-state index contributed by atoms with van der Waals surface area (Å²) in [4.78, 5) is 2.17. The van der Waals surface area contributed by atoms with Gasteiger partial charge in [-0.15, -0.1) is 0 Å². The van der Waals surface area contributed by atoms with E-state index in [2.05, 4.69) is 4.90 Å². The van der Waals surface area contributed by atoms with Crippen LogP contribution < -0.4 is 5.73 Å². The fraction of sp³-hybridized carbons (Fsp3) is 1.00. The molecule has 1 aliphatic heterocycles. The van der Waals surface area contributed by atoms with Gasteiger partial charge in [0.15, 0.2) is 0 Å². The molecule has 0 saturated carbocycles. The van der Waals surface area contributed by atoms with Gasteiger partial charge in [-0.2, -0.15) is 0 Å². The van der Waals surface area contributed by atoms with E-state index >= 15 is 0 Å². The van der Waals surface area contributed by atoms with E-state index in [9.17, 15) is 4.39 Å². The van der Waals surface area contributed by atoms with Gasteiger partial charge in [-0.3, -0.25) is 0 Å². The smallest absolute Gasteiger partial charge is 0.102 e. The Morgan fingerprint density at radius 1 is 1.55 bits per heavy atom. The SMILES string of the molecule is NCC1CCCN(CCF)C1. The normalized spacial score (nSPS) is 27.3. The molecule has 3 heteroatoms. The van der Waals surface area contributed by atoms with Gasteiger partial charge in [0.2, 0.25) is 0 Å². The van der Waals surface area contributed by atoms with Crippen molar-refractivity contribution in [2.45, 2.75) is 12.8 Å². The Morgan fingerprint density at radius 2 is 2.36 bits per heavy atom. The molecule has 0 aromatic carbocycles. The van der Waals surface area contributed by atoms with Crippen molar-refractivity contribution in [1.29, 1.82) is 0 Å². The molecule has 0 amide bonds. The largest absolute Gasteiger partial charge is 0.330 e. The predicted octanol–water partition coefficient (Wildman–Crippen LogP) is 0.627. The first kappa shape index (κ1) is 8.94. The van der Waals surface area contributed by atoms with Crippen molar-refractivity contribution in [3.8, 4) is 0 Å². The zero-order chi connectivity index (χ0) is 8.10. The van der Waals surface area contributed by atoms with Crippen LogP contribution >= 0.6 is 0 Å². The first-order valence-electron chi connectivity index (χ1n) is 4.35. The number of alkyl halides is 1. The van der Waals surface area contributed by atoms with Crippen LogP contribution in [0.15, 0.2) is 0 Å². The van der Waals surface area contributed by atoms with Crippen LogP contribution in [0, 0.1) is 5.92 Å². The highest BCUT2D eigenvalue weighted by molar-refractivity contribution is 4.72. The highest BCUT2D eigenvalue weighted by Crippen LogP contribution is 2.14. The minimum absolute atomic E-state index is 0.225. The predicted molar refractivity (Wildman–Crippen MR) is 44.2 cm³/mol. The monoisotopic (exact) mass is 160 g/mol. The highest BCUT2D eigenvalue weighted by atomic mass is 19.1. The minimum Gasteiger partial charge on any atom is -0.330 e. The third-order valence-electron chi connectivity index (χ3n) is 2.34. The second kappa shape index (κ2) is 4.67. The van der Waals surface area contributed by atoms with Crippen molar-refractivity contribution >= 4 is 0 Å². The van der Waals surface area contributed by atoms with Crippen LogP contribution in [0.5, 0.6) is 0 Å². The van der Waals surface area contributed by atoms with Crippen molar-refractivity contribution in [2.75, 3.05) is 32.9 Å². The van der Waals surface area contributed by atoms with Crippen LogP contribution in [0.25, 0.3) is 0 Å². The lowest BCUT2D eigenvalue weighted by Gasteiger charge is -2.31. The number of hydrogen-bond acceptors (Lipinski definition) is 2. The van der Waals surface area contributed by atoms with E-state index in [1.807, 2.05) is 0 Å². The summed E-state index contributed by atoms with van der Waals surface area (Å²) in [6.07, 6.45) is 2.40. The molecule has 0 aromatic heterocycles. The molecule has 1 heterocycles. The molecule has 66 valence electrons. The molecular weight excluding hydrogens is 143 g/mol. The van der Waals surface area contributed by atoms with Gasteiger partial charge >= 0.3 is 0 Å². The van der Waals surface area contributed by atoms with E-state index in [1.165, 1.54) is 12.8 Å². The molecule has 0 bridgehead atoms. The molecule has 1 atom stereocenters. The molecule has 0 spiro atoms. The first-order valence-corrected chi connectivity index (χ1v) is 4.35. The van der Waals surface area contributed by atoms with Crippen molar-refractivity contribution < 1.29 is 4.39 Å².